The van der Waals surface area contributed by atoms with Crippen LogP contribution in [-0.4, -0.2) is 6.04 Å². The van der Waals surface area contributed by atoms with Crippen molar-refractivity contribution in [2.75, 3.05) is 0 Å². The summed E-state index contributed by atoms with van der Waals surface area (Å²) < 4.78 is 0. The fourth-order valence-electron chi connectivity index (χ4n) is 2.23. The highest BCUT2D eigenvalue weighted by Crippen LogP contribution is 2.14. The minimum atomic E-state index is 0.456. The third kappa shape index (κ3) is 5.88. The zero-order valence-corrected chi connectivity index (χ0v) is 11.6. The van der Waals surface area contributed by atoms with Crippen molar-refractivity contribution >= 4 is 0 Å². The number of unbranched alkanes of at least 4 members (excludes halogenated alkanes) is 3. The quantitative estimate of drug-likeness (QED) is 0.642. The zero-order valence-electron chi connectivity index (χ0n) is 11.6. The highest BCUT2D eigenvalue weighted by atomic mass is 14.9. The van der Waals surface area contributed by atoms with Gasteiger partial charge in [0.2, 0.25) is 0 Å². The van der Waals surface area contributed by atoms with Crippen LogP contribution in [0, 0.1) is 0 Å². The van der Waals surface area contributed by atoms with Gasteiger partial charge in [-0.2, -0.15) is 0 Å². The minimum Gasteiger partial charge on any atom is -0.308 e. The van der Waals surface area contributed by atoms with Gasteiger partial charge in [-0.3, -0.25) is 0 Å². The third-order valence-corrected chi connectivity index (χ3v) is 3.32. The van der Waals surface area contributed by atoms with E-state index < -0.39 is 0 Å². The molecular formula is C16H27N. The summed E-state index contributed by atoms with van der Waals surface area (Å²) in [4.78, 5) is 0. The predicted molar refractivity (Wildman–Crippen MR) is 76.2 cm³/mol. The average molecular weight is 233 g/mol. The van der Waals surface area contributed by atoms with Crippen LogP contribution in [0.25, 0.3) is 0 Å². The Kier molecular flexibility index (Phi) is 6.95. The summed E-state index contributed by atoms with van der Waals surface area (Å²) in [6.07, 6.45) is 6.71. The maximum absolute atomic E-state index is 3.67. The van der Waals surface area contributed by atoms with Gasteiger partial charge >= 0.3 is 0 Å². The van der Waals surface area contributed by atoms with Crippen LogP contribution in [0.5, 0.6) is 0 Å². The number of hydrogen-bond donors (Lipinski definition) is 1. The lowest BCUT2D eigenvalue weighted by Crippen LogP contribution is -2.28. The van der Waals surface area contributed by atoms with E-state index in [1.807, 2.05) is 0 Å². The Bertz CT molecular complexity index is 281. The van der Waals surface area contributed by atoms with E-state index in [-0.39, 0.29) is 0 Å². The van der Waals surface area contributed by atoms with Gasteiger partial charge < -0.3 is 5.32 Å². The van der Waals surface area contributed by atoms with Crippen LogP contribution in [0.1, 0.15) is 64.5 Å². The highest BCUT2D eigenvalue weighted by Gasteiger charge is 2.08. The van der Waals surface area contributed by atoms with Crippen molar-refractivity contribution in [3.05, 3.63) is 35.9 Å². The van der Waals surface area contributed by atoms with Crippen molar-refractivity contribution < 1.29 is 0 Å². The molecule has 17 heavy (non-hydrogen) atoms. The lowest BCUT2D eigenvalue weighted by atomic mass is 10.0. The summed E-state index contributed by atoms with van der Waals surface area (Å²) in [6, 6.07) is 11.8. The largest absolute Gasteiger partial charge is 0.308 e. The van der Waals surface area contributed by atoms with Crippen LogP contribution in [0.2, 0.25) is 0 Å². The van der Waals surface area contributed by atoms with E-state index in [0.29, 0.717) is 12.1 Å². The Morgan fingerprint density at radius 2 is 1.71 bits per heavy atom. The molecule has 0 radical (unpaired) electrons. The predicted octanol–water partition coefficient (Wildman–Crippen LogP) is 4.70. The second kappa shape index (κ2) is 8.30. The lowest BCUT2D eigenvalue weighted by molar-refractivity contribution is 0.438. The maximum Gasteiger partial charge on any atom is 0.0294 e. The van der Waals surface area contributed by atoms with Crippen LogP contribution in [-0.2, 0) is 0 Å². The summed E-state index contributed by atoms with van der Waals surface area (Å²) in [5.74, 6) is 0. The monoisotopic (exact) mass is 233 g/mol. The van der Waals surface area contributed by atoms with E-state index in [9.17, 15) is 0 Å². The first-order valence-electron chi connectivity index (χ1n) is 7.05. The van der Waals surface area contributed by atoms with Gasteiger partial charge in [0.15, 0.2) is 0 Å². The van der Waals surface area contributed by atoms with Crippen molar-refractivity contribution in [1.29, 1.82) is 0 Å². The van der Waals surface area contributed by atoms with Crippen molar-refractivity contribution in [3.8, 4) is 0 Å². The molecule has 0 heterocycles. The van der Waals surface area contributed by atoms with Crippen LogP contribution < -0.4 is 5.32 Å². The first kappa shape index (κ1) is 14.2. The molecule has 0 saturated carbocycles. The summed E-state index contributed by atoms with van der Waals surface area (Å²) in [6.45, 7) is 6.81. The molecular weight excluding hydrogens is 206 g/mol. The Morgan fingerprint density at radius 1 is 1.00 bits per heavy atom. The van der Waals surface area contributed by atoms with Crippen LogP contribution in [0.15, 0.2) is 30.3 Å². The van der Waals surface area contributed by atoms with E-state index in [1.165, 1.54) is 37.7 Å². The van der Waals surface area contributed by atoms with Crippen molar-refractivity contribution in [3.63, 3.8) is 0 Å². The fraction of sp³-hybridized carbons (Fsp3) is 0.625. The van der Waals surface area contributed by atoms with Crippen LogP contribution in [0.3, 0.4) is 0 Å². The van der Waals surface area contributed by atoms with Gasteiger partial charge in [-0.1, -0.05) is 62.9 Å². The summed E-state index contributed by atoms with van der Waals surface area (Å²) in [5.41, 5.74) is 1.38. The van der Waals surface area contributed by atoms with Gasteiger partial charge in [0.1, 0.15) is 0 Å². The maximum atomic E-state index is 3.67. The smallest absolute Gasteiger partial charge is 0.0294 e. The number of nitrogens with one attached hydrogen (secondary N) is 1. The zero-order chi connectivity index (χ0) is 12.5. The minimum absolute atomic E-state index is 0.456. The number of benzene rings is 1. The fourth-order valence-corrected chi connectivity index (χ4v) is 2.23. The molecule has 0 saturated heterocycles. The van der Waals surface area contributed by atoms with E-state index >= 15 is 0 Å². The van der Waals surface area contributed by atoms with Gasteiger partial charge in [0.05, 0.1) is 0 Å². The molecule has 0 bridgehead atoms. The van der Waals surface area contributed by atoms with E-state index in [1.54, 1.807) is 0 Å². The Balaban J connectivity index is 2.24. The number of rotatable bonds is 8. The Labute approximate surface area is 107 Å². The Morgan fingerprint density at radius 3 is 2.35 bits per heavy atom. The molecule has 0 spiro atoms. The highest BCUT2D eigenvalue weighted by molar-refractivity contribution is 5.18. The van der Waals surface area contributed by atoms with E-state index in [4.69, 9.17) is 0 Å². The topological polar surface area (TPSA) is 12.0 Å². The molecule has 0 amide bonds. The first-order chi connectivity index (χ1) is 8.24. The van der Waals surface area contributed by atoms with Gasteiger partial charge in [-0.25, -0.2) is 0 Å². The van der Waals surface area contributed by atoms with E-state index in [0.717, 1.165) is 0 Å². The summed E-state index contributed by atoms with van der Waals surface area (Å²) >= 11 is 0. The van der Waals surface area contributed by atoms with Crippen molar-refractivity contribution in [2.24, 2.45) is 0 Å². The molecule has 1 aromatic carbocycles. The van der Waals surface area contributed by atoms with Crippen molar-refractivity contribution in [2.45, 2.75) is 65.0 Å². The van der Waals surface area contributed by atoms with Gasteiger partial charge in [0.25, 0.3) is 0 Å². The van der Waals surface area contributed by atoms with Gasteiger partial charge in [-0.05, 0) is 25.8 Å². The van der Waals surface area contributed by atoms with Gasteiger partial charge in [0, 0.05) is 12.1 Å². The summed E-state index contributed by atoms with van der Waals surface area (Å²) in [7, 11) is 0. The van der Waals surface area contributed by atoms with Crippen LogP contribution in [0.4, 0.5) is 0 Å². The van der Waals surface area contributed by atoms with Gasteiger partial charge in [-0.15, -0.1) is 0 Å². The molecule has 0 fully saturated rings. The molecule has 1 rings (SSSR count). The molecule has 1 heteroatoms. The molecule has 1 nitrogen and oxygen atoms in total. The molecule has 1 unspecified atom stereocenters. The van der Waals surface area contributed by atoms with Crippen LogP contribution >= 0.6 is 0 Å². The molecule has 96 valence electrons. The standard InChI is InChI=1S/C16H27N/c1-4-5-6-8-11-14(2)17-15(3)16-12-9-7-10-13-16/h7,9-10,12-15,17H,4-6,8,11H2,1-3H3/t14?,15-/m1/s1. The molecule has 0 aromatic heterocycles. The molecule has 0 aliphatic heterocycles. The average Bonchev–Trinajstić information content (AvgIpc) is 2.36. The lowest BCUT2D eigenvalue weighted by Gasteiger charge is -2.20. The third-order valence-electron chi connectivity index (χ3n) is 3.32. The molecule has 0 aliphatic carbocycles. The molecule has 1 aromatic rings. The van der Waals surface area contributed by atoms with E-state index in [2.05, 4.69) is 56.4 Å². The Hall–Kier alpha value is -0.820. The SMILES string of the molecule is CCCCCCC(C)N[C@H](C)c1ccccc1. The molecule has 0 aliphatic rings. The summed E-state index contributed by atoms with van der Waals surface area (Å²) in [5, 5.41) is 3.67. The number of hydrogen-bond acceptors (Lipinski definition) is 1. The molecule has 1 N–H and O–H groups in total. The van der Waals surface area contributed by atoms with Crippen molar-refractivity contribution in [1.82, 2.24) is 5.32 Å². The first-order valence-corrected chi connectivity index (χ1v) is 7.05. The second-order valence-electron chi connectivity index (χ2n) is 5.05. The normalized spacial score (nSPS) is 14.5. The second-order valence-corrected chi connectivity index (χ2v) is 5.05. The molecule has 2 atom stereocenters.